The molecule has 0 saturated heterocycles. The summed E-state index contributed by atoms with van der Waals surface area (Å²) in [6, 6.07) is 24.0. The molecule has 0 amide bonds. The van der Waals surface area contributed by atoms with Gasteiger partial charge in [-0.1, -0.05) is 76.2 Å². The molecule has 0 aliphatic heterocycles. The molecular formula is C40H53N4S2+. The molecule has 0 aliphatic carbocycles. The Kier molecular flexibility index (Phi) is 18.4. The second-order valence-corrected chi connectivity index (χ2v) is 13.8. The van der Waals surface area contributed by atoms with Gasteiger partial charge in [0.1, 0.15) is 6.54 Å². The molecule has 0 N–H and O–H groups in total. The lowest BCUT2D eigenvalue weighted by molar-refractivity contribution is -0.695. The molecule has 3 aromatic rings. The van der Waals surface area contributed by atoms with Crippen molar-refractivity contribution in [2.75, 3.05) is 55.0 Å². The number of nitrogens with zero attached hydrogens (tertiary/aromatic N) is 4. The molecule has 0 unspecified atom stereocenters. The predicted molar refractivity (Wildman–Crippen MR) is 210 cm³/mol. The fraction of sp³-hybridized carbons (Fsp3) is 0.350. The standard InChI is InChI=1S/C40H53N4S2/c1-5-41-30-12-9-7-8-10-18-36-20-25-38(26-21-36)42(3)31-14-16-34-45-46-35-17-15-32-43(4)39-27-22-37(23-28-39)24-29-40-19-11-13-33-44(40)6-2/h7-13,18-30,33H,5-6,14-17,31-32,34-35H2,1-4H3/q+1/b8-7+,12-9-,18-10+,41-30?. The molecule has 0 aliphatic rings. The number of hydrogen-bond acceptors (Lipinski definition) is 5. The number of aromatic nitrogens is 1. The summed E-state index contributed by atoms with van der Waals surface area (Å²) in [5.74, 6) is 2.44. The summed E-state index contributed by atoms with van der Waals surface area (Å²) in [4.78, 5) is 8.89. The maximum atomic E-state index is 4.16. The minimum Gasteiger partial charge on any atom is -0.375 e. The first-order chi connectivity index (χ1) is 22.6. The Morgan fingerprint density at radius 1 is 0.630 bits per heavy atom. The number of allylic oxidation sites excluding steroid dienone is 5. The van der Waals surface area contributed by atoms with Crippen molar-refractivity contribution < 1.29 is 4.57 Å². The fourth-order valence-corrected chi connectivity index (χ4v) is 7.06. The van der Waals surface area contributed by atoms with E-state index in [9.17, 15) is 0 Å². The van der Waals surface area contributed by atoms with Crippen LogP contribution in [0.3, 0.4) is 0 Å². The van der Waals surface area contributed by atoms with Gasteiger partial charge in [-0.15, -0.1) is 0 Å². The van der Waals surface area contributed by atoms with Crippen LogP contribution >= 0.6 is 21.6 Å². The number of anilines is 2. The van der Waals surface area contributed by atoms with Crippen molar-refractivity contribution in [3.05, 3.63) is 120 Å². The van der Waals surface area contributed by atoms with Crippen molar-refractivity contribution in [3.63, 3.8) is 0 Å². The SMILES string of the molecule is CCN=C\C=C/C=C/C=C/c1ccc(N(C)CCCCSSCCCCN(C)c2ccc(/C=C/c3cccc[n+]3CC)cc2)cc1. The zero-order valence-corrected chi connectivity index (χ0v) is 29.9. The summed E-state index contributed by atoms with van der Waals surface area (Å²) >= 11 is 0. The summed E-state index contributed by atoms with van der Waals surface area (Å²) in [6.45, 7) is 8.18. The van der Waals surface area contributed by atoms with Crippen LogP contribution in [0.4, 0.5) is 11.4 Å². The number of rotatable bonds is 21. The molecule has 46 heavy (non-hydrogen) atoms. The highest BCUT2D eigenvalue weighted by Gasteiger charge is 2.04. The van der Waals surface area contributed by atoms with E-state index in [0.717, 1.165) is 26.2 Å². The first-order valence-corrected chi connectivity index (χ1v) is 19.1. The zero-order chi connectivity index (χ0) is 32.7. The molecule has 6 heteroatoms. The lowest BCUT2D eigenvalue weighted by Crippen LogP contribution is -2.34. The van der Waals surface area contributed by atoms with Crippen LogP contribution in [0.15, 0.2) is 108 Å². The highest BCUT2D eigenvalue weighted by atomic mass is 33.1. The molecular weight excluding hydrogens is 601 g/mol. The quantitative estimate of drug-likeness (QED) is 0.0375. The van der Waals surface area contributed by atoms with E-state index in [2.05, 4.69) is 138 Å². The molecule has 2 aromatic carbocycles. The molecule has 1 aromatic heterocycles. The number of hydrogen-bond donors (Lipinski definition) is 0. The van der Waals surface area contributed by atoms with Gasteiger partial charge in [0.25, 0.3) is 0 Å². The third kappa shape index (κ3) is 14.7. The molecule has 0 bridgehead atoms. The van der Waals surface area contributed by atoms with E-state index in [4.69, 9.17) is 0 Å². The van der Waals surface area contributed by atoms with E-state index in [0.29, 0.717) is 0 Å². The van der Waals surface area contributed by atoms with E-state index >= 15 is 0 Å². The average molecular weight is 654 g/mol. The first kappa shape index (κ1) is 37.0. The van der Waals surface area contributed by atoms with Gasteiger partial charge in [0, 0.05) is 81.0 Å². The molecule has 0 spiro atoms. The fourth-order valence-electron chi connectivity index (χ4n) is 4.76. The summed E-state index contributed by atoms with van der Waals surface area (Å²) in [7, 11) is 8.46. The van der Waals surface area contributed by atoms with Gasteiger partial charge in [0.05, 0.1) is 0 Å². The van der Waals surface area contributed by atoms with Crippen LogP contribution in [0.2, 0.25) is 0 Å². The van der Waals surface area contributed by atoms with E-state index in [1.165, 1.54) is 65.4 Å². The van der Waals surface area contributed by atoms with Crippen LogP contribution < -0.4 is 14.4 Å². The van der Waals surface area contributed by atoms with Gasteiger partial charge >= 0.3 is 0 Å². The maximum Gasteiger partial charge on any atom is 0.205 e. The summed E-state index contributed by atoms with van der Waals surface area (Å²) in [5, 5.41) is 0. The summed E-state index contributed by atoms with van der Waals surface area (Å²) in [6.07, 6.45) is 25.5. The van der Waals surface area contributed by atoms with Crippen LogP contribution in [-0.2, 0) is 6.54 Å². The largest absolute Gasteiger partial charge is 0.375 e. The lowest BCUT2D eigenvalue weighted by atomic mass is 10.1. The molecule has 244 valence electrons. The minimum absolute atomic E-state index is 0.822. The monoisotopic (exact) mass is 653 g/mol. The molecule has 3 rings (SSSR count). The van der Waals surface area contributed by atoms with Gasteiger partial charge < -0.3 is 9.80 Å². The highest BCUT2D eigenvalue weighted by Crippen LogP contribution is 2.24. The van der Waals surface area contributed by atoms with E-state index in [1.54, 1.807) is 0 Å². The lowest BCUT2D eigenvalue weighted by Gasteiger charge is -2.19. The Hall–Kier alpha value is -3.48. The first-order valence-electron chi connectivity index (χ1n) is 16.6. The molecule has 4 nitrogen and oxygen atoms in total. The molecule has 0 saturated carbocycles. The van der Waals surface area contributed by atoms with Crippen LogP contribution in [0, 0.1) is 0 Å². The third-order valence-electron chi connectivity index (χ3n) is 7.56. The van der Waals surface area contributed by atoms with Crippen molar-refractivity contribution in [2.24, 2.45) is 4.99 Å². The zero-order valence-electron chi connectivity index (χ0n) is 28.3. The Bertz CT molecular complexity index is 1390. The van der Waals surface area contributed by atoms with Gasteiger partial charge in [0.15, 0.2) is 6.20 Å². The summed E-state index contributed by atoms with van der Waals surface area (Å²) < 4.78 is 2.25. The number of aryl methyl sites for hydroxylation is 1. The van der Waals surface area contributed by atoms with Gasteiger partial charge in [-0.3, -0.25) is 4.99 Å². The Balaban J connectivity index is 1.21. The maximum absolute atomic E-state index is 4.16. The van der Waals surface area contributed by atoms with E-state index in [-0.39, 0.29) is 0 Å². The normalized spacial score (nSPS) is 12.1. The second-order valence-electron chi connectivity index (χ2n) is 11.1. The average Bonchev–Trinajstić information content (AvgIpc) is 3.09. The van der Waals surface area contributed by atoms with E-state index < -0.39 is 0 Å². The number of unbranched alkanes of at least 4 members (excludes halogenated alkanes) is 2. The van der Waals surface area contributed by atoms with Crippen molar-refractivity contribution in [2.45, 2.75) is 46.1 Å². The number of aliphatic imine (C=N–C) groups is 1. The molecule has 0 atom stereocenters. The third-order valence-corrected chi connectivity index (χ3v) is 10.1. The Morgan fingerprint density at radius 2 is 1.20 bits per heavy atom. The Morgan fingerprint density at radius 3 is 1.78 bits per heavy atom. The topological polar surface area (TPSA) is 22.7 Å². The van der Waals surface area contributed by atoms with Crippen molar-refractivity contribution >= 4 is 57.4 Å². The van der Waals surface area contributed by atoms with Gasteiger partial charge in [-0.25, -0.2) is 0 Å². The molecule has 0 radical (unpaired) electrons. The molecule has 0 fully saturated rings. The van der Waals surface area contributed by atoms with Gasteiger partial charge in [-0.05, 0) is 93.1 Å². The second kappa shape index (κ2) is 22.9. The predicted octanol–water partition coefficient (Wildman–Crippen LogP) is 9.90. The van der Waals surface area contributed by atoms with Crippen molar-refractivity contribution in [1.82, 2.24) is 0 Å². The molecule has 1 heterocycles. The van der Waals surface area contributed by atoms with Crippen LogP contribution in [0.5, 0.6) is 0 Å². The van der Waals surface area contributed by atoms with Crippen LogP contribution in [0.1, 0.15) is 56.4 Å². The van der Waals surface area contributed by atoms with Gasteiger partial charge in [0.2, 0.25) is 5.69 Å². The van der Waals surface area contributed by atoms with Gasteiger partial charge in [-0.2, -0.15) is 4.57 Å². The van der Waals surface area contributed by atoms with Crippen LogP contribution in [0.25, 0.3) is 18.2 Å². The van der Waals surface area contributed by atoms with E-state index in [1.807, 2.05) is 59.0 Å². The number of pyridine rings is 1. The minimum atomic E-state index is 0.822. The smallest absolute Gasteiger partial charge is 0.205 e. The van der Waals surface area contributed by atoms with Crippen molar-refractivity contribution in [3.8, 4) is 0 Å². The van der Waals surface area contributed by atoms with Crippen LogP contribution in [-0.4, -0.2) is 51.4 Å². The van der Waals surface area contributed by atoms with Crippen molar-refractivity contribution in [1.29, 1.82) is 0 Å². The summed E-state index contributed by atoms with van der Waals surface area (Å²) in [5.41, 5.74) is 6.23. The Labute approximate surface area is 287 Å². The number of benzene rings is 2. The highest BCUT2D eigenvalue weighted by molar-refractivity contribution is 8.76.